The number of hydrogen-bond acceptors (Lipinski definition) is 4. The summed E-state index contributed by atoms with van der Waals surface area (Å²) in [6.45, 7) is 0.921. The van der Waals surface area contributed by atoms with Crippen LogP contribution in [0.4, 0.5) is 0 Å². The van der Waals surface area contributed by atoms with E-state index in [1.165, 1.54) is 12.1 Å². The Hall–Kier alpha value is -1.42. The first kappa shape index (κ1) is 13.6. The van der Waals surface area contributed by atoms with Crippen molar-refractivity contribution in [1.29, 1.82) is 5.26 Å². The van der Waals surface area contributed by atoms with Crippen LogP contribution in [0.2, 0.25) is 0 Å². The van der Waals surface area contributed by atoms with Gasteiger partial charge in [0, 0.05) is 13.1 Å². The molecule has 0 aromatic heterocycles. The average Bonchev–Trinajstić information content (AvgIpc) is 2.30. The van der Waals surface area contributed by atoms with Gasteiger partial charge in [-0.2, -0.15) is 5.26 Å². The van der Waals surface area contributed by atoms with Gasteiger partial charge in [0.1, 0.15) is 0 Å². The van der Waals surface area contributed by atoms with Crippen LogP contribution in [0.5, 0.6) is 0 Å². The Bertz CT molecular complexity index is 488. The van der Waals surface area contributed by atoms with Crippen molar-refractivity contribution < 1.29 is 8.42 Å². The number of nitrogens with zero attached hydrogens (tertiary/aromatic N) is 1. The van der Waals surface area contributed by atoms with Crippen LogP contribution in [-0.2, 0) is 16.4 Å². The molecule has 6 heteroatoms. The topological polar surface area (TPSA) is 82.0 Å². The van der Waals surface area contributed by atoms with Crippen LogP contribution in [0.1, 0.15) is 5.56 Å². The molecule has 1 aromatic rings. The molecule has 0 unspecified atom stereocenters. The van der Waals surface area contributed by atoms with E-state index in [1.807, 2.05) is 6.07 Å². The van der Waals surface area contributed by atoms with Gasteiger partial charge >= 0.3 is 0 Å². The first-order valence-corrected chi connectivity index (χ1v) is 6.68. The zero-order chi connectivity index (χ0) is 12.7. The minimum atomic E-state index is -3.44. The Balaban J connectivity index is 2.75. The van der Waals surface area contributed by atoms with Gasteiger partial charge in [-0.3, -0.25) is 0 Å². The minimum absolute atomic E-state index is 0.218. The van der Waals surface area contributed by atoms with E-state index < -0.39 is 10.0 Å². The molecule has 17 heavy (non-hydrogen) atoms. The third kappa shape index (κ3) is 4.15. The minimum Gasteiger partial charge on any atom is -0.318 e. The summed E-state index contributed by atoms with van der Waals surface area (Å²) in [5, 5.41) is 11.4. The molecule has 0 radical (unpaired) electrons. The molecule has 0 heterocycles. The van der Waals surface area contributed by atoms with Gasteiger partial charge in [0.25, 0.3) is 0 Å². The molecule has 0 fully saturated rings. The summed E-state index contributed by atoms with van der Waals surface area (Å²) >= 11 is 0. The summed E-state index contributed by atoms with van der Waals surface area (Å²) in [6, 6.07) is 8.32. The molecule has 0 spiro atoms. The van der Waals surface area contributed by atoms with E-state index in [1.54, 1.807) is 19.2 Å². The molecule has 1 aromatic carbocycles. The van der Waals surface area contributed by atoms with Gasteiger partial charge < -0.3 is 5.32 Å². The largest absolute Gasteiger partial charge is 0.318 e. The quantitative estimate of drug-likeness (QED) is 0.712. The summed E-state index contributed by atoms with van der Waals surface area (Å²) in [4.78, 5) is 0.218. The number of sulfonamides is 1. The van der Waals surface area contributed by atoms with Crippen molar-refractivity contribution in [2.24, 2.45) is 0 Å². The van der Waals surface area contributed by atoms with Crippen LogP contribution >= 0.6 is 0 Å². The lowest BCUT2D eigenvalue weighted by molar-refractivity contribution is 0.579. The maximum absolute atomic E-state index is 11.8. The van der Waals surface area contributed by atoms with E-state index >= 15 is 0 Å². The Labute approximate surface area is 102 Å². The van der Waals surface area contributed by atoms with Crippen molar-refractivity contribution >= 4 is 10.0 Å². The molecular weight excluding hydrogens is 238 g/mol. The van der Waals surface area contributed by atoms with Gasteiger partial charge in [0.05, 0.1) is 17.4 Å². The van der Waals surface area contributed by atoms with E-state index in [0.29, 0.717) is 13.1 Å². The second-order valence-corrected chi connectivity index (χ2v) is 5.25. The third-order valence-corrected chi connectivity index (χ3v) is 3.66. The van der Waals surface area contributed by atoms with Crippen molar-refractivity contribution in [2.75, 3.05) is 20.1 Å². The Morgan fingerprint density at radius 1 is 1.24 bits per heavy atom. The van der Waals surface area contributed by atoms with Gasteiger partial charge in [-0.25, -0.2) is 13.1 Å². The molecule has 0 aliphatic rings. The van der Waals surface area contributed by atoms with E-state index in [4.69, 9.17) is 5.26 Å². The summed E-state index contributed by atoms with van der Waals surface area (Å²) in [5.41, 5.74) is 0.807. The molecule has 2 N–H and O–H groups in total. The van der Waals surface area contributed by atoms with Gasteiger partial charge in [-0.05, 0) is 24.7 Å². The Morgan fingerprint density at radius 3 is 2.41 bits per heavy atom. The third-order valence-electron chi connectivity index (χ3n) is 2.18. The molecule has 0 aliphatic heterocycles. The molecule has 0 saturated carbocycles. The van der Waals surface area contributed by atoms with Crippen LogP contribution < -0.4 is 10.0 Å². The first-order chi connectivity index (χ1) is 8.10. The number of hydrogen-bond donors (Lipinski definition) is 2. The SMILES string of the molecule is CNCCNS(=O)(=O)c1ccc(CC#N)cc1. The molecule has 0 bridgehead atoms. The molecule has 0 amide bonds. The molecular formula is C11H15N3O2S. The molecule has 5 nitrogen and oxygen atoms in total. The van der Waals surface area contributed by atoms with E-state index in [0.717, 1.165) is 5.56 Å². The first-order valence-electron chi connectivity index (χ1n) is 5.20. The van der Waals surface area contributed by atoms with Crippen molar-refractivity contribution in [2.45, 2.75) is 11.3 Å². The number of likely N-dealkylation sites (N-methyl/N-ethyl adjacent to an activating group) is 1. The number of benzene rings is 1. The highest BCUT2D eigenvalue weighted by molar-refractivity contribution is 7.89. The fraction of sp³-hybridized carbons (Fsp3) is 0.364. The van der Waals surface area contributed by atoms with Crippen molar-refractivity contribution in [1.82, 2.24) is 10.0 Å². The van der Waals surface area contributed by atoms with Crippen LogP contribution in [0.3, 0.4) is 0 Å². The van der Waals surface area contributed by atoms with E-state index in [9.17, 15) is 8.42 Å². The molecule has 0 aliphatic carbocycles. The van der Waals surface area contributed by atoms with Crippen LogP contribution in [0.25, 0.3) is 0 Å². The monoisotopic (exact) mass is 253 g/mol. The standard InChI is InChI=1S/C11H15N3O2S/c1-13-8-9-14-17(15,16)11-4-2-10(3-5-11)6-7-12/h2-5,13-14H,6,8-9H2,1H3. The van der Waals surface area contributed by atoms with Crippen LogP contribution in [-0.4, -0.2) is 28.6 Å². The summed E-state index contributed by atoms with van der Waals surface area (Å²) < 4.78 is 26.0. The van der Waals surface area contributed by atoms with Gasteiger partial charge in [0.2, 0.25) is 10.0 Å². The highest BCUT2D eigenvalue weighted by atomic mass is 32.2. The number of rotatable bonds is 6. The van der Waals surface area contributed by atoms with Crippen LogP contribution in [0, 0.1) is 11.3 Å². The predicted octanol–water partition coefficient (Wildman–Crippen LogP) is 0.250. The van der Waals surface area contributed by atoms with Crippen LogP contribution in [0.15, 0.2) is 29.2 Å². The highest BCUT2D eigenvalue weighted by Crippen LogP contribution is 2.10. The fourth-order valence-electron chi connectivity index (χ4n) is 1.27. The lowest BCUT2D eigenvalue weighted by Crippen LogP contribution is -2.30. The molecule has 0 saturated heterocycles. The van der Waals surface area contributed by atoms with Crippen molar-refractivity contribution in [3.8, 4) is 6.07 Å². The van der Waals surface area contributed by atoms with Gasteiger partial charge in [0.15, 0.2) is 0 Å². The smallest absolute Gasteiger partial charge is 0.240 e. The van der Waals surface area contributed by atoms with Crippen molar-refractivity contribution in [3.05, 3.63) is 29.8 Å². The summed E-state index contributed by atoms with van der Waals surface area (Å²) in [5.74, 6) is 0. The Kier molecular flexibility index (Phi) is 5.10. The zero-order valence-corrected chi connectivity index (χ0v) is 10.4. The highest BCUT2D eigenvalue weighted by Gasteiger charge is 2.12. The van der Waals surface area contributed by atoms with E-state index in [-0.39, 0.29) is 11.3 Å². The predicted molar refractivity (Wildman–Crippen MR) is 64.9 cm³/mol. The lowest BCUT2D eigenvalue weighted by Gasteiger charge is -2.06. The molecule has 1 rings (SSSR count). The number of nitrogens with one attached hydrogen (secondary N) is 2. The lowest BCUT2D eigenvalue weighted by atomic mass is 10.2. The maximum Gasteiger partial charge on any atom is 0.240 e. The molecule has 0 atom stereocenters. The Morgan fingerprint density at radius 2 is 1.88 bits per heavy atom. The normalized spacial score (nSPS) is 11.1. The second-order valence-electron chi connectivity index (χ2n) is 3.48. The molecule has 92 valence electrons. The maximum atomic E-state index is 11.8. The summed E-state index contributed by atoms with van der Waals surface area (Å²) in [6.07, 6.45) is 0.285. The second kappa shape index (κ2) is 6.35. The van der Waals surface area contributed by atoms with Crippen molar-refractivity contribution in [3.63, 3.8) is 0 Å². The number of nitriles is 1. The van der Waals surface area contributed by atoms with Gasteiger partial charge in [-0.15, -0.1) is 0 Å². The zero-order valence-electron chi connectivity index (χ0n) is 9.60. The van der Waals surface area contributed by atoms with Gasteiger partial charge in [-0.1, -0.05) is 12.1 Å². The fourth-order valence-corrected chi connectivity index (χ4v) is 2.30. The average molecular weight is 253 g/mol. The van der Waals surface area contributed by atoms with E-state index in [2.05, 4.69) is 10.0 Å². The summed E-state index contributed by atoms with van der Waals surface area (Å²) in [7, 11) is -1.68.